The van der Waals surface area contributed by atoms with Gasteiger partial charge in [0.2, 0.25) is 0 Å². The fraction of sp³-hybridized carbons (Fsp3) is 0.389. The van der Waals surface area contributed by atoms with E-state index in [-0.39, 0.29) is 12.1 Å². The summed E-state index contributed by atoms with van der Waals surface area (Å²) in [6.07, 6.45) is 3.16. The number of hydrogen-bond donors (Lipinski definition) is 2. The Morgan fingerprint density at radius 3 is 2.96 bits per heavy atom. The van der Waals surface area contributed by atoms with Crippen molar-refractivity contribution in [1.29, 1.82) is 0 Å². The number of aliphatic hydroxyl groups excluding tert-OH is 1. The van der Waals surface area contributed by atoms with Crippen molar-refractivity contribution in [3.05, 3.63) is 59.0 Å². The number of carbonyl (C=O) groups is 1. The molecule has 0 bridgehead atoms. The Hall–Kier alpha value is -1.98. The number of rotatable bonds is 5. The minimum absolute atomic E-state index is 0.0105. The number of aliphatic hydroxyl groups is 1. The first-order valence-corrected chi connectivity index (χ1v) is 8.52. The fourth-order valence-electron chi connectivity index (χ4n) is 3.12. The number of furan rings is 1. The zero-order chi connectivity index (χ0) is 16.9. The van der Waals surface area contributed by atoms with E-state index in [2.05, 4.69) is 5.32 Å². The topological polar surface area (TPSA) is 65.7 Å². The first-order chi connectivity index (χ1) is 11.6. The molecule has 0 saturated carbocycles. The van der Waals surface area contributed by atoms with Gasteiger partial charge in [-0.15, -0.1) is 0 Å². The third-order valence-corrected chi connectivity index (χ3v) is 4.76. The van der Waals surface area contributed by atoms with Crippen LogP contribution in [0, 0.1) is 0 Å². The number of amides is 2. The van der Waals surface area contributed by atoms with Crippen LogP contribution in [-0.2, 0) is 6.54 Å². The Morgan fingerprint density at radius 1 is 1.38 bits per heavy atom. The molecule has 6 heteroatoms. The van der Waals surface area contributed by atoms with Gasteiger partial charge in [-0.3, -0.25) is 0 Å². The third kappa shape index (κ3) is 3.91. The minimum Gasteiger partial charge on any atom is -0.467 e. The Balaban J connectivity index is 1.56. The summed E-state index contributed by atoms with van der Waals surface area (Å²) in [6.45, 7) is 1.09. The molecule has 1 aliphatic rings. The van der Waals surface area contributed by atoms with Gasteiger partial charge in [0, 0.05) is 30.6 Å². The zero-order valence-corrected chi connectivity index (χ0v) is 14.1. The van der Waals surface area contributed by atoms with E-state index in [1.54, 1.807) is 29.4 Å². The maximum Gasteiger partial charge on any atom is 0.317 e. The molecule has 2 aromatic rings. The summed E-state index contributed by atoms with van der Waals surface area (Å²) >= 11 is 6.11. The second kappa shape index (κ2) is 7.73. The first-order valence-electron chi connectivity index (χ1n) is 8.14. The number of likely N-dealkylation sites (tertiary alicyclic amines) is 1. The van der Waals surface area contributed by atoms with Crippen molar-refractivity contribution < 1.29 is 14.3 Å². The third-order valence-electron chi connectivity index (χ3n) is 4.39. The molecule has 1 aromatic carbocycles. The molecule has 2 atom stereocenters. The normalized spacial score (nSPS) is 18.6. The van der Waals surface area contributed by atoms with Crippen molar-refractivity contribution in [2.24, 2.45) is 0 Å². The van der Waals surface area contributed by atoms with Gasteiger partial charge in [0.1, 0.15) is 11.9 Å². The van der Waals surface area contributed by atoms with Gasteiger partial charge in [-0.2, -0.15) is 0 Å². The van der Waals surface area contributed by atoms with Crippen molar-refractivity contribution in [1.82, 2.24) is 10.2 Å². The highest BCUT2D eigenvalue weighted by molar-refractivity contribution is 6.31. The molecule has 5 nitrogen and oxygen atoms in total. The standard InChI is InChI=1S/C18H21ClN2O3/c19-15-7-2-1-5-13(15)12-20-18(23)21-9-3-6-14(21)11-16(22)17-8-4-10-24-17/h1-2,4-5,7-8,10,14,16,22H,3,6,9,11-12H2,(H,20,23). The summed E-state index contributed by atoms with van der Waals surface area (Å²) in [4.78, 5) is 14.3. The summed E-state index contributed by atoms with van der Waals surface area (Å²) in [7, 11) is 0. The zero-order valence-electron chi connectivity index (χ0n) is 13.3. The van der Waals surface area contributed by atoms with Crippen LogP contribution in [0.5, 0.6) is 0 Å². The molecule has 0 aliphatic carbocycles. The van der Waals surface area contributed by atoms with Crippen LogP contribution in [0.1, 0.15) is 36.7 Å². The summed E-state index contributed by atoms with van der Waals surface area (Å²) in [6, 6.07) is 10.8. The molecule has 1 aliphatic heterocycles. The second-order valence-corrected chi connectivity index (χ2v) is 6.41. The van der Waals surface area contributed by atoms with Crippen LogP contribution in [0.4, 0.5) is 4.79 Å². The highest BCUT2D eigenvalue weighted by Crippen LogP contribution is 2.27. The highest BCUT2D eigenvalue weighted by atomic mass is 35.5. The smallest absolute Gasteiger partial charge is 0.317 e. The lowest BCUT2D eigenvalue weighted by Crippen LogP contribution is -2.43. The molecule has 0 radical (unpaired) electrons. The van der Waals surface area contributed by atoms with Crippen molar-refractivity contribution in [3.8, 4) is 0 Å². The predicted molar refractivity (Wildman–Crippen MR) is 91.7 cm³/mol. The molecular formula is C18H21ClN2O3. The average molecular weight is 349 g/mol. The molecule has 24 heavy (non-hydrogen) atoms. The van der Waals surface area contributed by atoms with E-state index in [9.17, 15) is 9.90 Å². The molecule has 1 aromatic heterocycles. The van der Waals surface area contributed by atoms with Crippen molar-refractivity contribution in [2.45, 2.75) is 38.0 Å². The van der Waals surface area contributed by atoms with Gasteiger partial charge in [-0.05, 0) is 36.6 Å². The van der Waals surface area contributed by atoms with Crippen LogP contribution in [0.2, 0.25) is 5.02 Å². The number of urea groups is 1. The van der Waals surface area contributed by atoms with E-state index in [1.165, 1.54) is 0 Å². The molecule has 1 saturated heterocycles. The van der Waals surface area contributed by atoms with Gasteiger partial charge in [-0.1, -0.05) is 29.8 Å². The molecule has 3 rings (SSSR count). The lowest BCUT2D eigenvalue weighted by molar-refractivity contribution is 0.108. The molecular weight excluding hydrogens is 328 g/mol. The van der Waals surface area contributed by atoms with Crippen LogP contribution < -0.4 is 5.32 Å². The summed E-state index contributed by atoms with van der Waals surface area (Å²) in [5.41, 5.74) is 0.888. The number of hydrogen-bond acceptors (Lipinski definition) is 3. The van der Waals surface area contributed by atoms with Gasteiger partial charge in [-0.25, -0.2) is 4.79 Å². The largest absolute Gasteiger partial charge is 0.467 e. The SMILES string of the molecule is O=C(NCc1ccccc1Cl)N1CCCC1CC(O)c1ccco1. The Kier molecular flexibility index (Phi) is 5.43. The monoisotopic (exact) mass is 348 g/mol. The average Bonchev–Trinajstić information content (AvgIpc) is 3.25. The number of benzene rings is 1. The Labute approximate surface area is 146 Å². The van der Waals surface area contributed by atoms with E-state index in [0.29, 0.717) is 30.3 Å². The molecule has 2 N–H and O–H groups in total. The Morgan fingerprint density at radius 2 is 2.21 bits per heavy atom. The van der Waals surface area contributed by atoms with Crippen LogP contribution in [0.25, 0.3) is 0 Å². The van der Waals surface area contributed by atoms with E-state index >= 15 is 0 Å². The van der Waals surface area contributed by atoms with Gasteiger partial charge in [0.15, 0.2) is 0 Å². The van der Waals surface area contributed by atoms with Crippen LogP contribution >= 0.6 is 11.6 Å². The van der Waals surface area contributed by atoms with E-state index in [4.69, 9.17) is 16.0 Å². The van der Waals surface area contributed by atoms with Crippen molar-refractivity contribution in [2.75, 3.05) is 6.54 Å². The second-order valence-electron chi connectivity index (χ2n) is 6.01. The van der Waals surface area contributed by atoms with Gasteiger partial charge >= 0.3 is 6.03 Å². The van der Waals surface area contributed by atoms with Crippen LogP contribution in [0.3, 0.4) is 0 Å². The molecule has 2 amide bonds. The van der Waals surface area contributed by atoms with Crippen molar-refractivity contribution >= 4 is 17.6 Å². The Bertz CT molecular complexity index is 675. The summed E-state index contributed by atoms with van der Waals surface area (Å²) < 4.78 is 5.24. The minimum atomic E-state index is -0.693. The predicted octanol–water partition coefficient (Wildman–Crippen LogP) is 3.73. The van der Waals surface area contributed by atoms with E-state index < -0.39 is 6.10 Å². The number of carbonyl (C=O) groups excluding carboxylic acids is 1. The molecule has 1 fully saturated rings. The number of nitrogens with one attached hydrogen (secondary N) is 1. The maximum absolute atomic E-state index is 12.5. The van der Waals surface area contributed by atoms with Gasteiger partial charge in [0.05, 0.1) is 6.26 Å². The molecule has 2 heterocycles. The molecule has 2 unspecified atom stereocenters. The first kappa shape index (κ1) is 16.9. The maximum atomic E-state index is 12.5. The van der Waals surface area contributed by atoms with Gasteiger partial charge in [0.25, 0.3) is 0 Å². The molecule has 0 spiro atoms. The van der Waals surface area contributed by atoms with Crippen molar-refractivity contribution in [3.63, 3.8) is 0 Å². The lowest BCUT2D eigenvalue weighted by Gasteiger charge is -2.26. The fourth-order valence-corrected chi connectivity index (χ4v) is 3.32. The van der Waals surface area contributed by atoms with E-state index in [1.807, 2.05) is 18.2 Å². The summed E-state index contributed by atoms with van der Waals surface area (Å²) in [5, 5.41) is 13.8. The van der Waals surface area contributed by atoms with Gasteiger partial charge < -0.3 is 19.7 Å². The molecule has 128 valence electrons. The van der Waals surface area contributed by atoms with E-state index in [0.717, 1.165) is 18.4 Å². The van der Waals surface area contributed by atoms with Crippen LogP contribution in [-0.4, -0.2) is 28.6 Å². The number of nitrogens with zero attached hydrogens (tertiary/aromatic N) is 1. The highest BCUT2D eigenvalue weighted by Gasteiger charge is 2.31. The number of halogens is 1. The lowest BCUT2D eigenvalue weighted by atomic mass is 10.1. The quantitative estimate of drug-likeness (QED) is 0.865. The summed E-state index contributed by atoms with van der Waals surface area (Å²) in [5.74, 6) is 0.540. The van der Waals surface area contributed by atoms with Crippen LogP contribution in [0.15, 0.2) is 47.1 Å².